The zero-order chi connectivity index (χ0) is 14.2. The molecule has 0 aliphatic rings. The van der Waals surface area contributed by atoms with Gasteiger partial charge in [-0.2, -0.15) is 0 Å². The number of carbonyl (C=O) groups excluding carboxylic acids is 1. The standard InChI is InChI=1S/C14H30N2O2/c1-6-9-12(3)16(5)11-8-10-14(4,15)13(17)18-7-2/h12H,6-11,15H2,1-5H3. The van der Waals surface area contributed by atoms with Crippen molar-refractivity contribution in [3.05, 3.63) is 0 Å². The van der Waals surface area contributed by atoms with Crippen LogP contribution in [0.2, 0.25) is 0 Å². The Morgan fingerprint density at radius 3 is 2.56 bits per heavy atom. The highest BCUT2D eigenvalue weighted by Gasteiger charge is 2.29. The van der Waals surface area contributed by atoms with Crippen LogP contribution in [0.15, 0.2) is 0 Å². The molecule has 2 unspecified atom stereocenters. The Labute approximate surface area is 112 Å². The van der Waals surface area contributed by atoms with E-state index >= 15 is 0 Å². The zero-order valence-electron chi connectivity index (χ0n) is 12.7. The van der Waals surface area contributed by atoms with Crippen LogP contribution in [0.25, 0.3) is 0 Å². The summed E-state index contributed by atoms with van der Waals surface area (Å²) in [6.45, 7) is 9.33. The molecule has 0 heterocycles. The number of ether oxygens (including phenoxy) is 1. The highest BCUT2D eigenvalue weighted by atomic mass is 16.5. The lowest BCUT2D eigenvalue weighted by molar-refractivity contribution is -0.149. The third-order valence-electron chi connectivity index (χ3n) is 3.41. The Kier molecular flexibility index (Phi) is 8.20. The number of hydrogen-bond acceptors (Lipinski definition) is 4. The van der Waals surface area contributed by atoms with E-state index in [-0.39, 0.29) is 5.97 Å². The second-order valence-corrected chi connectivity index (χ2v) is 5.36. The van der Waals surface area contributed by atoms with E-state index in [4.69, 9.17) is 10.5 Å². The fourth-order valence-electron chi connectivity index (χ4n) is 1.95. The molecule has 0 aromatic heterocycles. The Bertz CT molecular complexity index is 242. The quantitative estimate of drug-likeness (QED) is 0.644. The van der Waals surface area contributed by atoms with Gasteiger partial charge >= 0.3 is 5.97 Å². The molecule has 0 saturated heterocycles. The van der Waals surface area contributed by atoms with E-state index < -0.39 is 5.54 Å². The van der Waals surface area contributed by atoms with E-state index in [1.54, 1.807) is 13.8 Å². The highest BCUT2D eigenvalue weighted by Crippen LogP contribution is 2.13. The normalized spacial score (nSPS) is 16.4. The Morgan fingerprint density at radius 2 is 2.06 bits per heavy atom. The summed E-state index contributed by atoms with van der Waals surface area (Å²) >= 11 is 0. The summed E-state index contributed by atoms with van der Waals surface area (Å²) < 4.78 is 4.97. The molecular weight excluding hydrogens is 228 g/mol. The van der Waals surface area contributed by atoms with Crippen molar-refractivity contribution < 1.29 is 9.53 Å². The summed E-state index contributed by atoms with van der Waals surface area (Å²) in [4.78, 5) is 13.9. The lowest BCUT2D eigenvalue weighted by atomic mass is 9.97. The third-order valence-corrected chi connectivity index (χ3v) is 3.41. The maximum Gasteiger partial charge on any atom is 0.325 e. The van der Waals surface area contributed by atoms with Gasteiger partial charge in [-0.15, -0.1) is 0 Å². The van der Waals surface area contributed by atoms with Gasteiger partial charge < -0.3 is 15.4 Å². The molecule has 0 bridgehead atoms. The van der Waals surface area contributed by atoms with Crippen LogP contribution in [0.5, 0.6) is 0 Å². The van der Waals surface area contributed by atoms with Crippen LogP contribution in [-0.2, 0) is 9.53 Å². The van der Waals surface area contributed by atoms with Crippen LogP contribution in [0.3, 0.4) is 0 Å². The zero-order valence-corrected chi connectivity index (χ0v) is 12.7. The highest BCUT2D eigenvalue weighted by molar-refractivity contribution is 5.79. The lowest BCUT2D eigenvalue weighted by Gasteiger charge is -2.27. The molecule has 0 aromatic carbocycles. The maximum atomic E-state index is 11.6. The summed E-state index contributed by atoms with van der Waals surface area (Å²) in [5, 5.41) is 0. The minimum absolute atomic E-state index is 0.297. The van der Waals surface area contributed by atoms with Crippen LogP contribution in [0.1, 0.15) is 53.4 Å². The van der Waals surface area contributed by atoms with Crippen molar-refractivity contribution in [2.24, 2.45) is 5.73 Å². The van der Waals surface area contributed by atoms with E-state index in [0.717, 1.165) is 13.0 Å². The SMILES string of the molecule is CCCC(C)N(C)CCCC(C)(N)C(=O)OCC. The molecule has 0 aliphatic heterocycles. The van der Waals surface area contributed by atoms with Gasteiger partial charge in [0.15, 0.2) is 0 Å². The van der Waals surface area contributed by atoms with Gasteiger partial charge in [0, 0.05) is 6.04 Å². The van der Waals surface area contributed by atoms with Crippen molar-refractivity contribution in [3.8, 4) is 0 Å². The fraction of sp³-hybridized carbons (Fsp3) is 0.929. The molecule has 2 atom stereocenters. The molecule has 0 amide bonds. The number of nitrogens with two attached hydrogens (primary N) is 1. The van der Waals surface area contributed by atoms with Crippen LogP contribution in [0.4, 0.5) is 0 Å². The van der Waals surface area contributed by atoms with E-state index in [9.17, 15) is 4.79 Å². The molecule has 0 spiro atoms. The number of rotatable bonds is 9. The van der Waals surface area contributed by atoms with Gasteiger partial charge in [-0.05, 0) is 53.6 Å². The molecule has 0 rings (SSSR count). The third kappa shape index (κ3) is 6.36. The summed E-state index contributed by atoms with van der Waals surface area (Å²) in [6.07, 6.45) is 3.97. The molecule has 0 radical (unpaired) electrons. The van der Waals surface area contributed by atoms with Crippen molar-refractivity contribution in [2.75, 3.05) is 20.2 Å². The van der Waals surface area contributed by atoms with Gasteiger partial charge in [0.2, 0.25) is 0 Å². The summed E-state index contributed by atoms with van der Waals surface area (Å²) in [7, 11) is 2.12. The topological polar surface area (TPSA) is 55.6 Å². The average Bonchev–Trinajstić information content (AvgIpc) is 2.29. The minimum atomic E-state index is -0.856. The Balaban J connectivity index is 3.98. The molecule has 18 heavy (non-hydrogen) atoms. The molecule has 0 aromatic rings. The number of esters is 1. The van der Waals surface area contributed by atoms with Gasteiger partial charge in [0.05, 0.1) is 6.61 Å². The summed E-state index contributed by atoms with van der Waals surface area (Å²) in [5.74, 6) is -0.297. The Morgan fingerprint density at radius 1 is 1.44 bits per heavy atom. The van der Waals surface area contributed by atoms with Gasteiger partial charge in [-0.25, -0.2) is 0 Å². The first-order valence-electron chi connectivity index (χ1n) is 7.01. The summed E-state index contributed by atoms with van der Waals surface area (Å²) in [5.41, 5.74) is 5.12. The van der Waals surface area contributed by atoms with E-state index in [1.807, 2.05) is 0 Å². The van der Waals surface area contributed by atoms with Crippen molar-refractivity contribution in [2.45, 2.75) is 65.0 Å². The van der Waals surface area contributed by atoms with Crippen molar-refractivity contribution >= 4 is 5.97 Å². The second-order valence-electron chi connectivity index (χ2n) is 5.36. The monoisotopic (exact) mass is 258 g/mol. The van der Waals surface area contributed by atoms with Gasteiger partial charge in [0.25, 0.3) is 0 Å². The first-order chi connectivity index (χ1) is 8.35. The molecule has 0 saturated carbocycles. The summed E-state index contributed by atoms with van der Waals surface area (Å²) in [6, 6.07) is 0.585. The van der Waals surface area contributed by atoms with Gasteiger partial charge in [-0.1, -0.05) is 13.3 Å². The van der Waals surface area contributed by atoms with Crippen LogP contribution in [-0.4, -0.2) is 42.6 Å². The average molecular weight is 258 g/mol. The molecule has 4 heteroatoms. The van der Waals surface area contributed by atoms with E-state index in [2.05, 4.69) is 25.8 Å². The maximum absolute atomic E-state index is 11.6. The number of nitrogens with zero attached hydrogens (tertiary/aromatic N) is 1. The van der Waals surface area contributed by atoms with Crippen LogP contribution < -0.4 is 5.73 Å². The number of carbonyl (C=O) groups is 1. The van der Waals surface area contributed by atoms with E-state index in [0.29, 0.717) is 19.1 Å². The fourth-order valence-corrected chi connectivity index (χ4v) is 1.95. The molecule has 108 valence electrons. The van der Waals surface area contributed by atoms with Gasteiger partial charge in [0.1, 0.15) is 5.54 Å². The van der Waals surface area contributed by atoms with Crippen LogP contribution >= 0.6 is 0 Å². The molecule has 2 N–H and O–H groups in total. The predicted molar refractivity (Wildman–Crippen MR) is 75.5 cm³/mol. The lowest BCUT2D eigenvalue weighted by Crippen LogP contribution is -2.46. The minimum Gasteiger partial charge on any atom is -0.465 e. The van der Waals surface area contributed by atoms with Gasteiger partial charge in [-0.3, -0.25) is 4.79 Å². The van der Waals surface area contributed by atoms with Crippen molar-refractivity contribution in [1.82, 2.24) is 4.90 Å². The van der Waals surface area contributed by atoms with E-state index in [1.165, 1.54) is 12.8 Å². The molecular formula is C14H30N2O2. The second kappa shape index (κ2) is 8.48. The van der Waals surface area contributed by atoms with Crippen molar-refractivity contribution in [3.63, 3.8) is 0 Å². The molecule has 0 aliphatic carbocycles. The van der Waals surface area contributed by atoms with Crippen LogP contribution in [0, 0.1) is 0 Å². The first-order valence-corrected chi connectivity index (χ1v) is 7.01. The Hall–Kier alpha value is -0.610. The molecule has 4 nitrogen and oxygen atoms in total. The first kappa shape index (κ1) is 17.4. The van der Waals surface area contributed by atoms with Crippen molar-refractivity contribution in [1.29, 1.82) is 0 Å². The largest absolute Gasteiger partial charge is 0.465 e. The smallest absolute Gasteiger partial charge is 0.325 e. The number of hydrogen-bond donors (Lipinski definition) is 1. The predicted octanol–water partition coefficient (Wildman–Crippen LogP) is 2.17. The molecule has 0 fully saturated rings.